The Labute approximate surface area is 200 Å². The minimum absolute atomic E-state index is 0.377. The molecule has 0 bridgehead atoms. The second-order valence-electron chi connectivity index (χ2n) is 8.28. The molecule has 0 saturated heterocycles. The van der Waals surface area contributed by atoms with Crippen LogP contribution < -0.4 is 21.7 Å². The largest absolute Gasteiger partial charge is 0.393 e. The van der Waals surface area contributed by atoms with Gasteiger partial charge >= 0.3 is 0 Å². The lowest BCUT2D eigenvalue weighted by atomic mass is 9.93. The van der Waals surface area contributed by atoms with Crippen molar-refractivity contribution in [3.05, 3.63) is 71.3 Å². The molecule has 1 fully saturated rings. The van der Waals surface area contributed by atoms with Crippen LogP contribution in [-0.2, 0) is 0 Å². The number of rotatable bonds is 15. The van der Waals surface area contributed by atoms with Crippen LogP contribution in [0.4, 0.5) is 0 Å². The van der Waals surface area contributed by atoms with Gasteiger partial charge in [-0.25, -0.2) is 0 Å². The highest BCUT2D eigenvalue weighted by Gasteiger charge is 2.18. The van der Waals surface area contributed by atoms with Crippen LogP contribution in [0.3, 0.4) is 0 Å². The number of nitrogens with one attached hydrogen (secondary N) is 5. The van der Waals surface area contributed by atoms with Gasteiger partial charge in [0.2, 0.25) is 0 Å². The molecule has 1 rings (SSSR count). The zero-order chi connectivity index (χ0) is 24.5. The Morgan fingerprint density at radius 2 is 1.94 bits per heavy atom. The highest BCUT2D eigenvalue weighted by atomic mass is 14.9. The second kappa shape index (κ2) is 16.7. The lowest BCUT2D eigenvalue weighted by Crippen LogP contribution is -2.33. The number of nitrogens with two attached hydrogens (primary N) is 1. The number of hydrogen-bond acceptors (Lipinski definition) is 6. The monoisotopic (exact) mass is 452 g/mol. The molecule has 0 aromatic carbocycles. The van der Waals surface area contributed by atoms with E-state index in [0.717, 1.165) is 41.7 Å². The molecule has 0 amide bonds. The molecule has 1 aliphatic carbocycles. The van der Waals surface area contributed by atoms with Crippen LogP contribution in [-0.4, -0.2) is 38.1 Å². The zero-order valence-corrected chi connectivity index (χ0v) is 20.8. The summed E-state index contributed by atoms with van der Waals surface area (Å²) < 4.78 is 0. The SMILES string of the molecule is C=CNCC/C(NC1CCCCC1)=C(\CC)C(=N)/C(C)=C/C=C\C(=C\C(C=N)=C\NC)CN. The summed E-state index contributed by atoms with van der Waals surface area (Å²) in [5, 5.41) is 26.3. The fraction of sp³-hybridized carbons (Fsp3) is 0.481. The highest BCUT2D eigenvalue weighted by Crippen LogP contribution is 2.22. The molecule has 182 valence electrons. The molecule has 0 aliphatic heterocycles. The van der Waals surface area contributed by atoms with E-state index in [0.29, 0.717) is 18.3 Å². The molecule has 6 nitrogen and oxygen atoms in total. The maximum atomic E-state index is 8.88. The fourth-order valence-corrected chi connectivity index (χ4v) is 3.96. The first-order chi connectivity index (χ1) is 16.0. The predicted molar refractivity (Wildman–Crippen MR) is 144 cm³/mol. The van der Waals surface area contributed by atoms with Crippen molar-refractivity contribution >= 4 is 11.9 Å². The van der Waals surface area contributed by atoms with Crippen LogP contribution in [0.2, 0.25) is 0 Å². The summed E-state index contributed by atoms with van der Waals surface area (Å²) in [6.07, 6.45) is 20.4. The fourth-order valence-electron chi connectivity index (χ4n) is 3.96. The lowest BCUT2D eigenvalue weighted by Gasteiger charge is -2.27. The van der Waals surface area contributed by atoms with E-state index in [2.05, 4.69) is 29.5 Å². The molecular formula is C27H44N6. The van der Waals surface area contributed by atoms with Gasteiger partial charge in [0, 0.05) is 56.3 Å². The Kier molecular flexibility index (Phi) is 14.3. The molecule has 6 heteroatoms. The van der Waals surface area contributed by atoms with Crippen molar-refractivity contribution in [1.29, 1.82) is 10.8 Å². The van der Waals surface area contributed by atoms with Gasteiger partial charge in [0.25, 0.3) is 0 Å². The number of hydrogen-bond donors (Lipinski definition) is 6. The van der Waals surface area contributed by atoms with Crippen molar-refractivity contribution in [1.82, 2.24) is 16.0 Å². The van der Waals surface area contributed by atoms with Gasteiger partial charge in [0.1, 0.15) is 0 Å². The van der Waals surface area contributed by atoms with Crippen LogP contribution in [0, 0.1) is 10.8 Å². The molecule has 0 atom stereocenters. The zero-order valence-electron chi connectivity index (χ0n) is 20.8. The van der Waals surface area contributed by atoms with Gasteiger partial charge in [0.15, 0.2) is 0 Å². The summed E-state index contributed by atoms with van der Waals surface area (Å²) in [4.78, 5) is 0. The minimum atomic E-state index is 0.377. The van der Waals surface area contributed by atoms with E-state index in [1.165, 1.54) is 44.0 Å². The highest BCUT2D eigenvalue weighted by molar-refractivity contribution is 6.10. The molecule has 0 heterocycles. The van der Waals surface area contributed by atoms with E-state index in [1.807, 2.05) is 31.2 Å². The maximum absolute atomic E-state index is 8.88. The van der Waals surface area contributed by atoms with Crippen molar-refractivity contribution in [2.24, 2.45) is 5.73 Å². The molecule has 0 radical (unpaired) electrons. The topological polar surface area (TPSA) is 110 Å². The van der Waals surface area contributed by atoms with Crippen LogP contribution in [0.15, 0.2) is 71.3 Å². The first kappa shape index (κ1) is 28.2. The van der Waals surface area contributed by atoms with Gasteiger partial charge < -0.3 is 32.5 Å². The van der Waals surface area contributed by atoms with Gasteiger partial charge in [0.05, 0.1) is 5.71 Å². The van der Waals surface area contributed by atoms with Gasteiger partial charge in [-0.05, 0) is 55.2 Å². The van der Waals surface area contributed by atoms with E-state index in [4.69, 9.17) is 16.6 Å². The normalized spacial score (nSPS) is 16.9. The van der Waals surface area contributed by atoms with Crippen LogP contribution >= 0.6 is 0 Å². The predicted octanol–water partition coefficient (Wildman–Crippen LogP) is 4.86. The van der Waals surface area contributed by atoms with Crippen LogP contribution in [0.25, 0.3) is 0 Å². The Hall–Kier alpha value is -2.86. The third-order valence-electron chi connectivity index (χ3n) is 5.78. The Morgan fingerprint density at radius 3 is 2.52 bits per heavy atom. The second-order valence-corrected chi connectivity index (χ2v) is 8.28. The molecule has 0 aromatic heterocycles. The summed E-state index contributed by atoms with van der Waals surface area (Å²) in [6, 6.07) is 0.502. The average molecular weight is 453 g/mol. The van der Waals surface area contributed by atoms with E-state index in [9.17, 15) is 0 Å². The molecule has 0 unspecified atom stereocenters. The summed E-state index contributed by atoms with van der Waals surface area (Å²) >= 11 is 0. The lowest BCUT2D eigenvalue weighted by molar-refractivity contribution is 0.391. The quantitative estimate of drug-likeness (QED) is 0.121. The van der Waals surface area contributed by atoms with E-state index >= 15 is 0 Å². The first-order valence-corrected chi connectivity index (χ1v) is 12.1. The molecule has 1 saturated carbocycles. The van der Waals surface area contributed by atoms with E-state index < -0.39 is 0 Å². The van der Waals surface area contributed by atoms with Gasteiger partial charge in [-0.1, -0.05) is 51.0 Å². The first-order valence-electron chi connectivity index (χ1n) is 12.1. The van der Waals surface area contributed by atoms with Gasteiger partial charge in [-0.2, -0.15) is 0 Å². The van der Waals surface area contributed by atoms with E-state index in [-0.39, 0.29) is 0 Å². The van der Waals surface area contributed by atoms with Crippen molar-refractivity contribution in [2.45, 2.75) is 64.8 Å². The molecule has 0 spiro atoms. The van der Waals surface area contributed by atoms with Crippen molar-refractivity contribution in [2.75, 3.05) is 20.1 Å². The van der Waals surface area contributed by atoms with Crippen LogP contribution in [0.5, 0.6) is 0 Å². The number of allylic oxidation sites excluding steroid dienone is 6. The van der Waals surface area contributed by atoms with Gasteiger partial charge in [-0.3, -0.25) is 0 Å². The Bertz CT molecular complexity index is 791. The van der Waals surface area contributed by atoms with Crippen LogP contribution in [0.1, 0.15) is 58.8 Å². The average Bonchev–Trinajstić information content (AvgIpc) is 2.83. The third kappa shape index (κ3) is 10.5. The Balaban J connectivity index is 3.09. The van der Waals surface area contributed by atoms with Crippen molar-refractivity contribution in [3.8, 4) is 0 Å². The van der Waals surface area contributed by atoms with Crippen molar-refractivity contribution in [3.63, 3.8) is 0 Å². The molecule has 1 aliphatic rings. The van der Waals surface area contributed by atoms with E-state index in [1.54, 1.807) is 19.4 Å². The smallest absolute Gasteiger partial charge is 0.0618 e. The standard InChI is InChI=1S/C27H44N6/c1-5-25(26(15-16-32-6-2)33-24-13-8-7-9-14-24)27(30)21(3)11-10-12-22(18-28)17-23(19-29)20-31-4/h6,10-12,17,19-20,24,29-33H,2,5,7-9,13-16,18,28H2,1,3-4H3/b12-10-,21-11+,22-17-,23-20-,26-25-,29-19?,30-27?. The molecule has 0 aromatic rings. The van der Waals surface area contributed by atoms with Gasteiger partial charge in [-0.15, -0.1) is 0 Å². The third-order valence-corrected chi connectivity index (χ3v) is 5.78. The molecule has 7 N–H and O–H groups in total. The summed E-state index contributed by atoms with van der Waals surface area (Å²) in [5.41, 5.74) is 11.3. The maximum Gasteiger partial charge on any atom is 0.0618 e. The minimum Gasteiger partial charge on any atom is -0.393 e. The summed E-state index contributed by atoms with van der Waals surface area (Å²) in [7, 11) is 1.80. The van der Waals surface area contributed by atoms with Crippen molar-refractivity contribution < 1.29 is 0 Å². The molecule has 33 heavy (non-hydrogen) atoms. The summed E-state index contributed by atoms with van der Waals surface area (Å²) in [6.45, 7) is 9.04. The Morgan fingerprint density at radius 1 is 1.21 bits per heavy atom. The molecular weight excluding hydrogens is 408 g/mol. The summed E-state index contributed by atoms with van der Waals surface area (Å²) in [5.74, 6) is 0.